The van der Waals surface area contributed by atoms with E-state index in [4.69, 9.17) is 5.11 Å². The Morgan fingerprint density at radius 2 is 1.58 bits per heavy atom. The maximum atomic E-state index is 10.9. The molecule has 0 unspecified atom stereocenters. The quantitative estimate of drug-likeness (QED) is 0.614. The van der Waals surface area contributed by atoms with Crippen LogP contribution in [0.1, 0.15) is 17.3 Å². The van der Waals surface area contributed by atoms with Gasteiger partial charge in [0.2, 0.25) is 5.91 Å². The largest absolute Gasteiger partial charge is 0.478 e. The number of anilines is 1. The average Bonchev–Trinajstić information content (AvgIpc) is 2.27. The van der Waals surface area contributed by atoms with Gasteiger partial charge in [-0.3, -0.25) is 25.0 Å². The van der Waals surface area contributed by atoms with Crippen molar-refractivity contribution in [3.05, 3.63) is 37.9 Å². The summed E-state index contributed by atoms with van der Waals surface area (Å²) in [6, 6.07) is 1.28. The van der Waals surface area contributed by atoms with Crippen LogP contribution in [-0.4, -0.2) is 26.8 Å². The summed E-state index contributed by atoms with van der Waals surface area (Å²) in [6.45, 7) is 1.01. The fraction of sp³-hybridized carbons (Fsp3) is 0.111. The van der Waals surface area contributed by atoms with Crippen LogP contribution in [-0.2, 0) is 4.79 Å². The van der Waals surface area contributed by atoms with Gasteiger partial charge in [-0.15, -0.1) is 0 Å². The first-order valence-electron chi connectivity index (χ1n) is 4.71. The number of nitro benzene ring substituents is 2. The van der Waals surface area contributed by atoms with Gasteiger partial charge in [0.1, 0.15) is 0 Å². The van der Waals surface area contributed by atoms with E-state index in [0.29, 0.717) is 12.1 Å². The highest BCUT2D eigenvalue weighted by Gasteiger charge is 2.29. The molecule has 10 nitrogen and oxygen atoms in total. The minimum Gasteiger partial charge on any atom is -0.478 e. The molecule has 100 valence electrons. The Labute approximate surface area is 104 Å². The molecule has 0 saturated heterocycles. The number of carboxylic acids is 1. The third-order valence-corrected chi connectivity index (χ3v) is 2.04. The molecule has 19 heavy (non-hydrogen) atoms. The molecule has 2 N–H and O–H groups in total. The highest BCUT2D eigenvalue weighted by Crippen LogP contribution is 2.35. The summed E-state index contributed by atoms with van der Waals surface area (Å²) in [5, 5.41) is 32.3. The van der Waals surface area contributed by atoms with Crippen LogP contribution in [0.3, 0.4) is 0 Å². The molecule has 10 heteroatoms. The minimum atomic E-state index is -1.56. The smallest absolute Gasteiger partial charge is 0.336 e. The zero-order valence-corrected chi connectivity index (χ0v) is 9.45. The van der Waals surface area contributed by atoms with E-state index in [1.807, 2.05) is 5.32 Å². The Morgan fingerprint density at radius 1 is 1.16 bits per heavy atom. The molecule has 0 spiro atoms. The van der Waals surface area contributed by atoms with Crippen LogP contribution in [0.5, 0.6) is 0 Å². The molecule has 1 aromatic carbocycles. The fourth-order valence-electron chi connectivity index (χ4n) is 1.33. The van der Waals surface area contributed by atoms with E-state index in [1.54, 1.807) is 0 Å². The molecule has 0 bridgehead atoms. The lowest BCUT2D eigenvalue weighted by Crippen LogP contribution is -2.11. The molecule has 0 heterocycles. The minimum absolute atomic E-state index is 0.618. The van der Waals surface area contributed by atoms with E-state index < -0.39 is 44.3 Å². The molecule has 0 radical (unpaired) electrons. The van der Waals surface area contributed by atoms with Gasteiger partial charge in [0.15, 0.2) is 5.69 Å². The van der Waals surface area contributed by atoms with Crippen molar-refractivity contribution in [2.45, 2.75) is 6.92 Å². The highest BCUT2D eigenvalue weighted by molar-refractivity contribution is 5.98. The van der Waals surface area contributed by atoms with E-state index in [2.05, 4.69) is 0 Å². The lowest BCUT2D eigenvalue weighted by Gasteiger charge is -2.05. The standard InChI is InChI=1S/C9H7N3O7/c1-4(13)10-8-6(11(16)17)2-5(9(14)15)3-7(8)12(18)19/h2-3H,1H3,(H,10,13)(H,14,15). The van der Waals surface area contributed by atoms with Gasteiger partial charge in [-0.2, -0.15) is 0 Å². The second kappa shape index (κ2) is 5.08. The molecular weight excluding hydrogens is 262 g/mol. The van der Waals surface area contributed by atoms with E-state index in [1.165, 1.54) is 0 Å². The monoisotopic (exact) mass is 269 g/mol. The van der Waals surface area contributed by atoms with E-state index in [0.717, 1.165) is 6.92 Å². The predicted octanol–water partition coefficient (Wildman–Crippen LogP) is 1.16. The number of nitro groups is 2. The number of aromatic carboxylic acids is 1. The van der Waals surface area contributed by atoms with Crippen molar-refractivity contribution in [1.29, 1.82) is 0 Å². The topological polar surface area (TPSA) is 153 Å². The summed E-state index contributed by atoms with van der Waals surface area (Å²) in [5.74, 6) is -2.31. The third-order valence-electron chi connectivity index (χ3n) is 2.04. The van der Waals surface area contributed by atoms with Gasteiger partial charge < -0.3 is 10.4 Å². The second-order valence-corrected chi connectivity index (χ2v) is 3.39. The SMILES string of the molecule is CC(=O)Nc1c([N+](=O)[O-])cc(C(=O)O)cc1[N+](=O)[O-]. The lowest BCUT2D eigenvalue weighted by atomic mass is 10.1. The molecule has 0 aliphatic carbocycles. The van der Waals surface area contributed by atoms with Crippen LogP contribution in [0.15, 0.2) is 12.1 Å². The number of nitrogens with one attached hydrogen (secondary N) is 1. The van der Waals surface area contributed by atoms with Crippen LogP contribution in [0.25, 0.3) is 0 Å². The summed E-state index contributed by atoms with van der Waals surface area (Å²) in [6.07, 6.45) is 0. The second-order valence-electron chi connectivity index (χ2n) is 3.39. The summed E-state index contributed by atoms with van der Waals surface area (Å²) < 4.78 is 0. The van der Waals surface area contributed by atoms with Gasteiger partial charge in [-0.05, 0) is 0 Å². The van der Waals surface area contributed by atoms with Crippen molar-refractivity contribution in [2.24, 2.45) is 0 Å². The Hall–Kier alpha value is -3.04. The Balaban J connectivity index is 3.64. The van der Waals surface area contributed by atoms with Crippen LogP contribution in [0, 0.1) is 20.2 Å². The molecule has 0 fully saturated rings. The maximum Gasteiger partial charge on any atom is 0.336 e. The van der Waals surface area contributed by atoms with Crippen LogP contribution in [0.2, 0.25) is 0 Å². The van der Waals surface area contributed by atoms with Crippen LogP contribution >= 0.6 is 0 Å². The van der Waals surface area contributed by atoms with Crippen molar-refractivity contribution in [3.8, 4) is 0 Å². The normalized spacial score (nSPS) is 9.74. The number of hydrogen-bond acceptors (Lipinski definition) is 6. The van der Waals surface area contributed by atoms with Crippen molar-refractivity contribution in [2.75, 3.05) is 5.32 Å². The van der Waals surface area contributed by atoms with Crippen LogP contribution in [0.4, 0.5) is 17.1 Å². The van der Waals surface area contributed by atoms with Gasteiger partial charge in [-0.25, -0.2) is 4.79 Å². The van der Waals surface area contributed by atoms with E-state index in [-0.39, 0.29) is 0 Å². The summed E-state index contributed by atoms with van der Waals surface area (Å²) in [7, 11) is 0. The molecule has 0 aliphatic rings. The van der Waals surface area contributed by atoms with Crippen LogP contribution < -0.4 is 5.32 Å². The maximum absolute atomic E-state index is 10.9. The molecular formula is C9H7N3O7. The molecule has 0 aliphatic heterocycles. The van der Waals surface area contributed by atoms with Gasteiger partial charge in [0.05, 0.1) is 15.4 Å². The van der Waals surface area contributed by atoms with Crippen molar-refractivity contribution >= 4 is 28.9 Å². The molecule has 0 aromatic heterocycles. The number of benzene rings is 1. The summed E-state index contributed by atoms with van der Waals surface area (Å²) in [4.78, 5) is 41.2. The molecule has 1 rings (SSSR count). The fourth-order valence-corrected chi connectivity index (χ4v) is 1.33. The molecule has 0 saturated carbocycles. The number of carbonyl (C=O) groups excluding carboxylic acids is 1. The number of amides is 1. The first-order chi connectivity index (χ1) is 8.73. The zero-order chi connectivity index (χ0) is 14.7. The number of carbonyl (C=O) groups is 2. The number of rotatable bonds is 4. The number of hydrogen-bond donors (Lipinski definition) is 2. The van der Waals surface area contributed by atoms with Crippen molar-refractivity contribution < 1.29 is 24.5 Å². The Morgan fingerprint density at radius 3 is 1.84 bits per heavy atom. The Bertz CT molecular complexity index is 560. The van der Waals surface area contributed by atoms with E-state index in [9.17, 15) is 29.8 Å². The van der Waals surface area contributed by atoms with Gasteiger partial charge >= 0.3 is 17.3 Å². The first-order valence-corrected chi connectivity index (χ1v) is 4.71. The van der Waals surface area contributed by atoms with Gasteiger partial charge in [0, 0.05) is 19.1 Å². The zero-order valence-electron chi connectivity index (χ0n) is 9.45. The summed E-state index contributed by atoms with van der Waals surface area (Å²) >= 11 is 0. The molecule has 1 amide bonds. The summed E-state index contributed by atoms with van der Waals surface area (Å²) in [5.41, 5.74) is -2.98. The number of nitrogens with zero attached hydrogens (tertiary/aromatic N) is 2. The van der Waals surface area contributed by atoms with Crippen molar-refractivity contribution in [3.63, 3.8) is 0 Å². The van der Waals surface area contributed by atoms with Gasteiger partial charge in [0.25, 0.3) is 0 Å². The Kier molecular flexibility index (Phi) is 3.75. The predicted molar refractivity (Wildman–Crippen MR) is 61.0 cm³/mol. The first kappa shape index (κ1) is 14.0. The molecule has 0 atom stereocenters. The number of carboxylic acid groups (broad SMARTS) is 1. The molecule has 1 aromatic rings. The lowest BCUT2D eigenvalue weighted by molar-refractivity contribution is -0.392. The van der Waals surface area contributed by atoms with E-state index >= 15 is 0 Å². The average molecular weight is 269 g/mol. The van der Waals surface area contributed by atoms with Gasteiger partial charge in [-0.1, -0.05) is 0 Å². The van der Waals surface area contributed by atoms with Crippen molar-refractivity contribution in [1.82, 2.24) is 0 Å². The third kappa shape index (κ3) is 3.00. The highest BCUT2D eigenvalue weighted by atomic mass is 16.6.